The van der Waals surface area contributed by atoms with Crippen LogP contribution in [0.3, 0.4) is 0 Å². The SMILES string of the molecule is CCOc1ccc(C(=O)Nc2ccc3c(=O)c4cc(C)c(C)cc4oc3c2)cc1. The maximum atomic E-state index is 12.8. The Morgan fingerprint density at radius 1 is 0.931 bits per heavy atom. The van der Waals surface area contributed by atoms with Crippen LogP contribution in [0.5, 0.6) is 5.75 Å². The number of nitrogens with one attached hydrogen (secondary N) is 1. The van der Waals surface area contributed by atoms with Crippen molar-refractivity contribution in [2.75, 3.05) is 11.9 Å². The number of aryl methyl sites for hydroxylation is 2. The van der Waals surface area contributed by atoms with Gasteiger partial charge in [0.05, 0.1) is 17.4 Å². The van der Waals surface area contributed by atoms with Gasteiger partial charge in [-0.1, -0.05) is 0 Å². The van der Waals surface area contributed by atoms with Crippen molar-refractivity contribution in [3.05, 3.63) is 81.5 Å². The van der Waals surface area contributed by atoms with Gasteiger partial charge in [-0.25, -0.2) is 0 Å². The summed E-state index contributed by atoms with van der Waals surface area (Å²) in [5, 5.41) is 3.90. The zero-order chi connectivity index (χ0) is 20.5. The molecular weight excluding hydrogens is 366 g/mol. The molecular formula is C24H21NO4. The summed E-state index contributed by atoms with van der Waals surface area (Å²) < 4.78 is 11.4. The van der Waals surface area contributed by atoms with Gasteiger partial charge in [0, 0.05) is 17.3 Å². The summed E-state index contributed by atoms with van der Waals surface area (Å²) in [5.41, 5.74) is 4.08. The molecule has 4 rings (SSSR count). The maximum absolute atomic E-state index is 12.8. The van der Waals surface area contributed by atoms with Gasteiger partial charge in [0.25, 0.3) is 5.91 Å². The van der Waals surface area contributed by atoms with Crippen LogP contribution < -0.4 is 15.5 Å². The largest absolute Gasteiger partial charge is 0.494 e. The third kappa shape index (κ3) is 3.59. The van der Waals surface area contributed by atoms with Crippen LogP contribution in [0.15, 0.2) is 63.8 Å². The summed E-state index contributed by atoms with van der Waals surface area (Å²) >= 11 is 0. The Hall–Kier alpha value is -3.60. The summed E-state index contributed by atoms with van der Waals surface area (Å²) in [6.07, 6.45) is 0. The molecule has 1 aromatic heterocycles. The lowest BCUT2D eigenvalue weighted by Gasteiger charge is -2.09. The van der Waals surface area contributed by atoms with Crippen LogP contribution in [-0.4, -0.2) is 12.5 Å². The highest BCUT2D eigenvalue weighted by Crippen LogP contribution is 2.24. The molecule has 0 atom stereocenters. The van der Waals surface area contributed by atoms with E-state index < -0.39 is 0 Å². The van der Waals surface area contributed by atoms with Gasteiger partial charge in [0.1, 0.15) is 16.9 Å². The van der Waals surface area contributed by atoms with Crippen molar-refractivity contribution in [2.24, 2.45) is 0 Å². The normalized spacial score (nSPS) is 11.0. The summed E-state index contributed by atoms with van der Waals surface area (Å²) in [6, 6.07) is 15.7. The average molecular weight is 387 g/mol. The quantitative estimate of drug-likeness (QED) is 0.488. The summed E-state index contributed by atoms with van der Waals surface area (Å²) in [7, 11) is 0. The highest BCUT2D eigenvalue weighted by Gasteiger charge is 2.12. The number of carbonyl (C=O) groups excluding carboxylic acids is 1. The van der Waals surface area contributed by atoms with Gasteiger partial charge in [0.2, 0.25) is 5.43 Å². The molecule has 5 nitrogen and oxygen atoms in total. The molecule has 0 unspecified atom stereocenters. The van der Waals surface area contributed by atoms with Gasteiger partial charge in [-0.3, -0.25) is 9.59 Å². The Morgan fingerprint density at radius 2 is 1.62 bits per heavy atom. The number of ether oxygens (including phenoxy) is 1. The lowest BCUT2D eigenvalue weighted by atomic mass is 10.1. The first-order valence-corrected chi connectivity index (χ1v) is 9.48. The van der Waals surface area contributed by atoms with Gasteiger partial charge < -0.3 is 14.5 Å². The molecule has 29 heavy (non-hydrogen) atoms. The second-order valence-corrected chi connectivity index (χ2v) is 6.99. The lowest BCUT2D eigenvalue weighted by molar-refractivity contribution is 0.102. The van der Waals surface area contributed by atoms with E-state index in [4.69, 9.17) is 9.15 Å². The Labute approximate surface area is 167 Å². The molecule has 1 N–H and O–H groups in total. The first-order valence-electron chi connectivity index (χ1n) is 9.48. The van der Waals surface area contributed by atoms with Crippen LogP contribution >= 0.6 is 0 Å². The van der Waals surface area contributed by atoms with Gasteiger partial charge in [0.15, 0.2) is 0 Å². The molecule has 5 heteroatoms. The van der Waals surface area contributed by atoms with Crippen LogP contribution in [0.1, 0.15) is 28.4 Å². The van der Waals surface area contributed by atoms with Crippen molar-refractivity contribution >= 4 is 33.5 Å². The Balaban J connectivity index is 1.68. The van der Waals surface area contributed by atoms with Crippen molar-refractivity contribution in [3.63, 3.8) is 0 Å². The molecule has 0 spiro atoms. The highest BCUT2D eigenvalue weighted by atomic mass is 16.5. The fourth-order valence-corrected chi connectivity index (χ4v) is 3.26. The zero-order valence-electron chi connectivity index (χ0n) is 16.5. The standard InChI is InChI=1S/C24H21NO4/c1-4-28-18-8-5-16(6-9-18)24(27)25-17-7-10-19-22(13-17)29-21-12-15(3)14(2)11-20(21)23(19)26/h5-13H,4H2,1-3H3,(H,25,27). The molecule has 0 aliphatic rings. The number of hydrogen-bond donors (Lipinski definition) is 1. The Bertz CT molecular complexity index is 1290. The van der Waals surface area contributed by atoms with Gasteiger partial charge in [-0.2, -0.15) is 0 Å². The predicted molar refractivity (Wildman–Crippen MR) is 115 cm³/mol. The molecule has 1 amide bonds. The molecule has 4 aromatic rings. The predicted octanol–water partition coefficient (Wildman–Crippen LogP) is 5.21. The van der Waals surface area contributed by atoms with Crippen LogP contribution in [-0.2, 0) is 0 Å². The fraction of sp³-hybridized carbons (Fsp3) is 0.167. The van der Waals surface area contributed by atoms with E-state index in [1.54, 1.807) is 42.5 Å². The summed E-state index contributed by atoms with van der Waals surface area (Å²) in [5.74, 6) is 0.468. The third-order valence-corrected chi connectivity index (χ3v) is 4.97. The minimum absolute atomic E-state index is 0.0752. The highest BCUT2D eigenvalue weighted by molar-refractivity contribution is 6.05. The van der Waals surface area contributed by atoms with E-state index in [9.17, 15) is 9.59 Å². The van der Waals surface area contributed by atoms with E-state index in [0.717, 1.165) is 11.1 Å². The fourth-order valence-electron chi connectivity index (χ4n) is 3.26. The van der Waals surface area contributed by atoms with Crippen molar-refractivity contribution in [1.29, 1.82) is 0 Å². The molecule has 0 saturated carbocycles. The number of amides is 1. The minimum Gasteiger partial charge on any atom is -0.494 e. The molecule has 0 radical (unpaired) electrons. The van der Waals surface area contributed by atoms with Crippen molar-refractivity contribution in [2.45, 2.75) is 20.8 Å². The molecule has 0 saturated heterocycles. The van der Waals surface area contributed by atoms with E-state index in [-0.39, 0.29) is 11.3 Å². The van der Waals surface area contributed by atoms with Gasteiger partial charge in [-0.05, 0) is 80.4 Å². The van der Waals surface area contributed by atoms with E-state index in [2.05, 4.69) is 5.32 Å². The van der Waals surface area contributed by atoms with Crippen molar-refractivity contribution < 1.29 is 13.9 Å². The number of anilines is 1. The number of fused-ring (bicyclic) bond motifs is 2. The Kier molecular flexibility index (Phi) is 4.80. The number of benzene rings is 3. The number of hydrogen-bond acceptors (Lipinski definition) is 4. The smallest absolute Gasteiger partial charge is 0.255 e. The van der Waals surface area contributed by atoms with E-state index >= 15 is 0 Å². The second kappa shape index (κ2) is 7.43. The van der Waals surface area contributed by atoms with Gasteiger partial charge in [-0.15, -0.1) is 0 Å². The van der Waals surface area contributed by atoms with Crippen LogP contribution in [0.2, 0.25) is 0 Å². The molecule has 0 aliphatic heterocycles. The topological polar surface area (TPSA) is 68.5 Å². The van der Waals surface area contributed by atoms with Crippen LogP contribution in [0.25, 0.3) is 21.9 Å². The van der Waals surface area contributed by atoms with Gasteiger partial charge >= 0.3 is 0 Å². The molecule has 0 aliphatic carbocycles. The van der Waals surface area contributed by atoms with Crippen molar-refractivity contribution in [3.8, 4) is 5.75 Å². The second-order valence-electron chi connectivity index (χ2n) is 6.99. The van der Waals surface area contributed by atoms with Crippen LogP contribution in [0.4, 0.5) is 5.69 Å². The first-order chi connectivity index (χ1) is 14.0. The molecule has 3 aromatic carbocycles. The molecule has 0 fully saturated rings. The molecule has 1 heterocycles. The Morgan fingerprint density at radius 3 is 2.34 bits per heavy atom. The van der Waals surface area contributed by atoms with Crippen molar-refractivity contribution in [1.82, 2.24) is 0 Å². The monoisotopic (exact) mass is 387 g/mol. The van der Waals surface area contributed by atoms with E-state index in [0.29, 0.717) is 45.5 Å². The first kappa shape index (κ1) is 18.7. The lowest BCUT2D eigenvalue weighted by Crippen LogP contribution is -2.12. The average Bonchev–Trinajstić information content (AvgIpc) is 2.70. The number of carbonyl (C=O) groups is 1. The summed E-state index contributed by atoms with van der Waals surface area (Å²) in [4.78, 5) is 25.4. The van der Waals surface area contributed by atoms with E-state index in [1.165, 1.54) is 0 Å². The number of rotatable bonds is 4. The summed E-state index contributed by atoms with van der Waals surface area (Å²) in [6.45, 7) is 6.43. The third-order valence-electron chi connectivity index (χ3n) is 4.97. The molecule has 0 bridgehead atoms. The zero-order valence-corrected chi connectivity index (χ0v) is 16.5. The molecule has 146 valence electrons. The minimum atomic E-state index is -0.248. The van der Waals surface area contributed by atoms with Crippen LogP contribution in [0, 0.1) is 13.8 Å². The maximum Gasteiger partial charge on any atom is 0.255 e. The van der Waals surface area contributed by atoms with E-state index in [1.807, 2.05) is 32.9 Å².